The summed E-state index contributed by atoms with van der Waals surface area (Å²) in [5, 5.41) is 36.4. The van der Waals surface area contributed by atoms with E-state index >= 15 is 0 Å². The van der Waals surface area contributed by atoms with Crippen LogP contribution >= 0.6 is 243 Å². The normalized spacial score (nSPS) is 35.6. The smallest absolute Gasteiger partial charge is 0.426 e. The molecule has 0 aromatic heterocycles. The summed E-state index contributed by atoms with van der Waals surface area (Å²) in [6.07, 6.45) is -3.95. The van der Waals surface area contributed by atoms with Crippen LogP contribution in [0.3, 0.4) is 0 Å². The maximum Gasteiger partial charge on any atom is 0.509 e. The summed E-state index contributed by atoms with van der Waals surface area (Å²) >= 11 is 0. The summed E-state index contributed by atoms with van der Waals surface area (Å²) in [5.74, 6) is -0.993. The van der Waals surface area contributed by atoms with Crippen LogP contribution < -0.4 is 0 Å². The van der Waals surface area contributed by atoms with Crippen LogP contribution in [-0.2, 0) is 23.0 Å². The molecule has 30 atom stereocenters. The summed E-state index contributed by atoms with van der Waals surface area (Å²) in [5.41, 5.74) is -3.09. The molecule has 0 aromatic carbocycles. The molecule has 1 saturated heterocycles. The van der Waals surface area contributed by atoms with Crippen LogP contribution in [-0.4, -0.2) is 69.8 Å². The highest BCUT2D eigenvalue weighted by molar-refractivity contribution is 9.19. The predicted octanol–water partition coefficient (Wildman–Crippen LogP) is 18.1. The summed E-state index contributed by atoms with van der Waals surface area (Å²) < 4.78 is 36.0. The molecular weight excluding hydrogens is 1330 g/mol. The van der Waals surface area contributed by atoms with Crippen molar-refractivity contribution in [3.8, 4) is 0 Å². The van der Waals surface area contributed by atoms with Gasteiger partial charge in [-0.15, -0.1) is 134 Å². The maximum atomic E-state index is 14.1. The number of carbonyl (C=O) groups excluding carboxylic acids is 1. The molecule has 1 spiro atoms. The van der Waals surface area contributed by atoms with Crippen LogP contribution in [0.1, 0.15) is 47.0 Å². The van der Waals surface area contributed by atoms with Gasteiger partial charge in [0.05, 0.1) is 53.6 Å². The van der Waals surface area contributed by atoms with Crippen molar-refractivity contribution in [2.75, 3.05) is 6.61 Å². The highest BCUT2D eigenvalue weighted by atomic mass is 33.2. The van der Waals surface area contributed by atoms with Crippen molar-refractivity contribution in [2.45, 2.75) is 88.7 Å². The quantitative estimate of drug-likeness (QED) is 0.0699. The van der Waals surface area contributed by atoms with Gasteiger partial charge in [0.1, 0.15) is 5.60 Å². The highest BCUT2D eigenvalue weighted by Gasteiger charge is 2.76. The van der Waals surface area contributed by atoms with Gasteiger partial charge in [-0.05, 0) is 73.4 Å². The van der Waals surface area contributed by atoms with E-state index in [0.29, 0.717) is 20.8 Å². The first-order valence-electron chi connectivity index (χ1n) is 17.3. The zero-order chi connectivity index (χ0) is 45.8. The standard InChI is InChI=1S/C21H62O9P30/c1-9-10(28-50(58(46)54(38)39)60(56(42)43)57(44)45)7-21-16(26-17(24)27-21)15-19(4,13(5-12(23)20(15,25)8-22)30-48(51(32)33)52(34)35)6-11(14(9)18(21,2)3)29-49(53(36)37)59(47-31)55(40)41/h10-13,15-16,22-23,25,47H,5-8,31-46H2,1-4H3/t10?,11?,12?,13?,15?,16?,19-,20?,21?,49?,50?,58?,59?/m1/s1. The minimum atomic E-state index is -2.05. The molecular formula is C21H62O9P30. The first-order chi connectivity index (χ1) is 27.6. The Morgan fingerprint density at radius 2 is 1.28 bits per heavy atom. The fourth-order valence-corrected chi connectivity index (χ4v) is 204. The van der Waals surface area contributed by atoms with Crippen molar-refractivity contribution in [3.05, 3.63) is 11.1 Å². The van der Waals surface area contributed by atoms with Gasteiger partial charge < -0.3 is 38.4 Å². The number of hydrogen-bond acceptors (Lipinski definition) is 9. The van der Waals surface area contributed by atoms with E-state index in [1.54, 1.807) is 0 Å². The van der Waals surface area contributed by atoms with E-state index in [0.717, 1.165) is 11.1 Å². The van der Waals surface area contributed by atoms with Gasteiger partial charge in [-0.2, -0.15) is 0 Å². The summed E-state index contributed by atoms with van der Waals surface area (Å²) in [6, 6.07) is 0. The average molecular weight is 1390 g/mol. The third-order valence-corrected chi connectivity index (χ3v) is 152. The van der Waals surface area contributed by atoms with Gasteiger partial charge in [0.2, 0.25) is 0 Å². The molecule has 2 bridgehead atoms. The Morgan fingerprint density at radius 3 is 1.73 bits per heavy atom. The van der Waals surface area contributed by atoms with Crippen LogP contribution in [0, 0.1) is 16.7 Å². The van der Waals surface area contributed by atoms with E-state index in [-0.39, 0.29) is 6.42 Å². The molecule has 0 amide bonds. The molecule has 3 aliphatic carbocycles. The Kier molecular flexibility index (Phi) is 29.4. The minimum Gasteiger partial charge on any atom is -0.426 e. The molecule has 3 N–H and O–H groups in total. The molecule has 2 saturated carbocycles. The SMILES string of the molecule is CC1=C2C(OP(P(P)P)P(PP)P(P)P)C[C@]3(C)C(OP(P(P)P)P(P)P)CC(O)C(O)(CO)C3C3OC(=O)OC3(CC1OP(P(P)P(P)P)P(P(P)P)P(P)P)C2(C)C. The number of aliphatic hydroxyl groups excluding tert-OH is 2. The predicted molar refractivity (Wildman–Crippen MR) is 352 cm³/mol. The first kappa shape index (κ1) is 64.2. The van der Waals surface area contributed by atoms with Gasteiger partial charge in [0, 0.05) is 50.6 Å². The topological polar surface area (TPSA) is 124 Å². The van der Waals surface area contributed by atoms with E-state index in [1.807, 2.05) is 0 Å². The third-order valence-electron chi connectivity index (χ3n) is 11.3. The van der Waals surface area contributed by atoms with E-state index in [2.05, 4.69) is 171 Å². The Balaban J connectivity index is 2.15. The van der Waals surface area contributed by atoms with Crippen molar-refractivity contribution in [2.24, 2.45) is 16.7 Å². The van der Waals surface area contributed by atoms with Crippen LogP contribution in [0.2, 0.25) is 0 Å². The first-order valence-corrected chi connectivity index (χ1v) is 69.5. The van der Waals surface area contributed by atoms with Crippen molar-refractivity contribution >= 4 is 249 Å². The number of carbonyl (C=O) groups is 1. The monoisotopic (exact) mass is 1390 g/mol. The largest absolute Gasteiger partial charge is 0.509 e. The lowest BCUT2D eigenvalue weighted by molar-refractivity contribution is -0.268. The van der Waals surface area contributed by atoms with Gasteiger partial charge >= 0.3 is 6.16 Å². The van der Waals surface area contributed by atoms with Gasteiger partial charge in [-0.3, -0.25) is 0 Å². The molecule has 4 aliphatic rings. The van der Waals surface area contributed by atoms with Crippen molar-refractivity contribution in [1.82, 2.24) is 0 Å². The van der Waals surface area contributed by atoms with Gasteiger partial charge in [-0.25, -0.2) is 4.79 Å². The molecule has 4 rings (SSSR count). The number of fused-ring (bicyclic) bond motifs is 3. The number of aliphatic hydroxyl groups is 3. The number of hydrogen-bond donors (Lipinski definition) is 3. The molecule has 350 valence electrons. The molecule has 60 heavy (non-hydrogen) atoms. The third kappa shape index (κ3) is 14.1. The number of rotatable bonds is 18. The zero-order valence-electron chi connectivity index (χ0n) is 33.1. The lowest BCUT2D eigenvalue weighted by Crippen LogP contribution is -2.74. The van der Waals surface area contributed by atoms with Crippen LogP contribution in [0.4, 0.5) is 4.79 Å². The molecule has 3 fully saturated rings. The fraction of sp³-hybridized carbons (Fsp3) is 0.857. The summed E-state index contributed by atoms with van der Waals surface area (Å²) in [4.78, 5) is 14.1. The van der Waals surface area contributed by atoms with Crippen molar-refractivity contribution in [3.63, 3.8) is 0 Å². The Labute approximate surface area is 412 Å². The Morgan fingerprint density at radius 1 is 0.750 bits per heavy atom. The lowest BCUT2D eigenvalue weighted by atomic mass is 9.46. The van der Waals surface area contributed by atoms with Crippen LogP contribution in [0.15, 0.2) is 11.1 Å². The molecule has 1 aliphatic heterocycles. The lowest BCUT2D eigenvalue weighted by Gasteiger charge is -2.64. The second-order valence-electron chi connectivity index (χ2n) is 15.0. The maximum absolute atomic E-state index is 14.1. The fourth-order valence-electron chi connectivity index (χ4n) is 8.77. The van der Waals surface area contributed by atoms with Gasteiger partial charge in [-0.1, -0.05) is 37.7 Å². The molecule has 0 radical (unpaired) electrons. The highest BCUT2D eigenvalue weighted by Crippen LogP contribution is 3.18. The van der Waals surface area contributed by atoms with E-state index < -0.39 is 164 Å². The molecule has 0 aromatic rings. The van der Waals surface area contributed by atoms with Gasteiger partial charge in [0.25, 0.3) is 0 Å². The van der Waals surface area contributed by atoms with Crippen LogP contribution in [0.5, 0.6) is 0 Å². The van der Waals surface area contributed by atoms with E-state index in [4.69, 9.17) is 23.0 Å². The average Bonchev–Trinajstić information content (AvgIpc) is 3.44. The second-order valence-corrected chi connectivity index (χ2v) is 122. The molecule has 39 heteroatoms. The molecule has 29 unspecified atom stereocenters. The molecule has 1 heterocycles. The zero-order valence-corrected chi connectivity index (χ0v) is 64.2. The summed E-state index contributed by atoms with van der Waals surface area (Å²) in [7, 11) is 46.5. The number of ether oxygens (including phenoxy) is 2. The minimum absolute atomic E-state index is 0.101. The van der Waals surface area contributed by atoms with Gasteiger partial charge in [0.15, 0.2) is 11.7 Å². The van der Waals surface area contributed by atoms with Crippen molar-refractivity contribution < 1.29 is 43.2 Å². The van der Waals surface area contributed by atoms with E-state index in [1.165, 1.54) is 0 Å². The Hall–Kier alpha value is 11.7. The Bertz CT molecular complexity index is 1500. The van der Waals surface area contributed by atoms with Crippen molar-refractivity contribution in [1.29, 1.82) is 0 Å². The van der Waals surface area contributed by atoms with E-state index in [9.17, 15) is 20.1 Å². The molecule has 9 nitrogen and oxygen atoms in total. The van der Waals surface area contributed by atoms with Crippen LogP contribution in [0.25, 0.3) is 0 Å². The second kappa shape index (κ2) is 27.5. The summed E-state index contributed by atoms with van der Waals surface area (Å²) in [6.45, 7) is 2.24.